The molecular formula is C14H26N2OS. The smallest absolute Gasteiger partial charge is 0.235 e. The van der Waals surface area contributed by atoms with Crippen molar-refractivity contribution in [2.24, 2.45) is 11.1 Å². The molecule has 0 aliphatic heterocycles. The van der Waals surface area contributed by atoms with Crippen molar-refractivity contribution in [3.63, 3.8) is 0 Å². The van der Waals surface area contributed by atoms with E-state index < -0.39 is 5.41 Å². The van der Waals surface area contributed by atoms with E-state index in [-0.39, 0.29) is 5.91 Å². The van der Waals surface area contributed by atoms with Crippen LogP contribution in [0.25, 0.3) is 0 Å². The summed E-state index contributed by atoms with van der Waals surface area (Å²) < 4.78 is 0. The Labute approximate surface area is 116 Å². The van der Waals surface area contributed by atoms with E-state index >= 15 is 0 Å². The molecule has 1 rings (SSSR count). The van der Waals surface area contributed by atoms with Crippen molar-refractivity contribution in [3.8, 4) is 0 Å². The SMILES string of the molecule is CCCN(CCC)C(=O)C1(C(N)=S)CCCCC1. The molecule has 0 aromatic heterocycles. The molecule has 0 unspecified atom stereocenters. The molecule has 0 aromatic rings. The first kappa shape index (κ1) is 15.4. The Balaban J connectivity index is 2.89. The molecule has 104 valence electrons. The highest BCUT2D eigenvalue weighted by atomic mass is 32.1. The normalized spacial score (nSPS) is 18.3. The van der Waals surface area contributed by atoms with E-state index in [9.17, 15) is 4.79 Å². The van der Waals surface area contributed by atoms with Gasteiger partial charge in [-0.25, -0.2) is 0 Å². The van der Waals surface area contributed by atoms with Crippen LogP contribution in [0.2, 0.25) is 0 Å². The quantitative estimate of drug-likeness (QED) is 0.755. The van der Waals surface area contributed by atoms with Crippen molar-refractivity contribution in [1.29, 1.82) is 0 Å². The molecule has 0 bridgehead atoms. The number of rotatable bonds is 6. The second kappa shape index (κ2) is 7.07. The van der Waals surface area contributed by atoms with Gasteiger partial charge >= 0.3 is 0 Å². The van der Waals surface area contributed by atoms with Crippen LogP contribution in [0.15, 0.2) is 0 Å². The van der Waals surface area contributed by atoms with Gasteiger partial charge in [-0.2, -0.15) is 0 Å². The van der Waals surface area contributed by atoms with Gasteiger partial charge in [0, 0.05) is 13.1 Å². The summed E-state index contributed by atoms with van der Waals surface area (Å²) in [6.07, 6.45) is 6.97. The van der Waals surface area contributed by atoms with Gasteiger partial charge in [0.05, 0.1) is 10.4 Å². The minimum Gasteiger partial charge on any atom is -0.392 e. The summed E-state index contributed by atoms with van der Waals surface area (Å²) >= 11 is 5.22. The molecule has 0 radical (unpaired) electrons. The number of hydrogen-bond donors (Lipinski definition) is 1. The van der Waals surface area contributed by atoms with E-state index in [1.807, 2.05) is 4.90 Å². The molecule has 0 atom stereocenters. The third kappa shape index (κ3) is 3.22. The van der Waals surface area contributed by atoms with Crippen molar-refractivity contribution >= 4 is 23.1 Å². The van der Waals surface area contributed by atoms with Crippen molar-refractivity contribution in [1.82, 2.24) is 4.90 Å². The van der Waals surface area contributed by atoms with Crippen LogP contribution in [0.4, 0.5) is 0 Å². The second-order valence-corrected chi connectivity index (χ2v) is 5.74. The Bertz CT molecular complexity index is 292. The Morgan fingerprint density at radius 1 is 1.17 bits per heavy atom. The molecule has 1 aliphatic carbocycles. The van der Waals surface area contributed by atoms with E-state index in [0.29, 0.717) is 4.99 Å². The fraction of sp³-hybridized carbons (Fsp3) is 0.857. The first-order valence-corrected chi connectivity index (χ1v) is 7.58. The van der Waals surface area contributed by atoms with Crippen LogP contribution < -0.4 is 5.73 Å². The summed E-state index contributed by atoms with van der Waals surface area (Å²) in [5, 5.41) is 0. The van der Waals surface area contributed by atoms with Gasteiger partial charge in [0.2, 0.25) is 5.91 Å². The van der Waals surface area contributed by atoms with Gasteiger partial charge < -0.3 is 10.6 Å². The van der Waals surface area contributed by atoms with Gasteiger partial charge in [-0.1, -0.05) is 45.3 Å². The first-order chi connectivity index (χ1) is 8.58. The van der Waals surface area contributed by atoms with Gasteiger partial charge in [-0.05, 0) is 25.7 Å². The summed E-state index contributed by atoms with van der Waals surface area (Å²) in [5.74, 6) is 0.179. The van der Waals surface area contributed by atoms with Crippen LogP contribution in [-0.4, -0.2) is 28.9 Å². The van der Waals surface area contributed by atoms with Gasteiger partial charge in [-0.15, -0.1) is 0 Å². The molecular weight excluding hydrogens is 244 g/mol. The number of nitrogens with zero attached hydrogens (tertiary/aromatic N) is 1. The summed E-state index contributed by atoms with van der Waals surface area (Å²) in [6.45, 7) is 5.84. The lowest BCUT2D eigenvalue weighted by Gasteiger charge is -2.39. The maximum atomic E-state index is 12.8. The number of amides is 1. The zero-order valence-corrected chi connectivity index (χ0v) is 12.5. The Kier molecular flexibility index (Phi) is 6.06. The van der Waals surface area contributed by atoms with E-state index in [0.717, 1.165) is 51.6 Å². The summed E-state index contributed by atoms with van der Waals surface area (Å²) in [4.78, 5) is 15.2. The minimum absolute atomic E-state index is 0.179. The molecule has 0 saturated heterocycles. The summed E-state index contributed by atoms with van der Waals surface area (Å²) in [7, 11) is 0. The van der Waals surface area contributed by atoms with Crippen LogP contribution in [0.1, 0.15) is 58.8 Å². The number of carbonyl (C=O) groups is 1. The van der Waals surface area contributed by atoms with E-state index in [4.69, 9.17) is 18.0 Å². The molecule has 1 fully saturated rings. The standard InChI is InChI=1S/C14H26N2OS/c1-3-10-16(11-4-2)13(17)14(12(15)18)8-6-5-7-9-14/h3-11H2,1-2H3,(H2,15,18). The fourth-order valence-corrected chi connectivity index (χ4v) is 3.17. The monoisotopic (exact) mass is 270 g/mol. The van der Waals surface area contributed by atoms with Crippen LogP contribution in [0.5, 0.6) is 0 Å². The molecule has 1 amide bonds. The van der Waals surface area contributed by atoms with Gasteiger partial charge in [-0.3, -0.25) is 4.79 Å². The first-order valence-electron chi connectivity index (χ1n) is 7.17. The van der Waals surface area contributed by atoms with E-state index in [2.05, 4.69) is 13.8 Å². The highest BCUT2D eigenvalue weighted by Crippen LogP contribution is 2.38. The van der Waals surface area contributed by atoms with Crippen molar-refractivity contribution in [2.75, 3.05) is 13.1 Å². The maximum absolute atomic E-state index is 12.8. The van der Waals surface area contributed by atoms with Gasteiger partial charge in [0.15, 0.2) is 0 Å². The number of nitrogens with two attached hydrogens (primary N) is 1. The largest absolute Gasteiger partial charge is 0.392 e. The predicted molar refractivity (Wildman–Crippen MR) is 79.5 cm³/mol. The van der Waals surface area contributed by atoms with Gasteiger partial charge in [0.25, 0.3) is 0 Å². The average Bonchev–Trinajstić information content (AvgIpc) is 2.38. The summed E-state index contributed by atoms with van der Waals surface area (Å²) in [6, 6.07) is 0. The molecule has 4 heteroatoms. The minimum atomic E-state index is -0.544. The highest BCUT2D eigenvalue weighted by molar-refractivity contribution is 7.80. The lowest BCUT2D eigenvalue weighted by Crippen LogP contribution is -2.52. The zero-order valence-electron chi connectivity index (χ0n) is 11.7. The number of thiocarbonyl (C=S) groups is 1. The predicted octanol–water partition coefficient (Wildman–Crippen LogP) is 2.87. The number of hydrogen-bond acceptors (Lipinski definition) is 2. The summed E-state index contributed by atoms with van der Waals surface area (Å²) in [5.41, 5.74) is 5.37. The molecule has 0 aromatic carbocycles. The Hall–Kier alpha value is -0.640. The Morgan fingerprint density at radius 2 is 1.67 bits per heavy atom. The molecule has 2 N–H and O–H groups in total. The molecule has 0 spiro atoms. The van der Waals surface area contributed by atoms with Crippen LogP contribution in [0.3, 0.4) is 0 Å². The Morgan fingerprint density at radius 3 is 2.06 bits per heavy atom. The van der Waals surface area contributed by atoms with E-state index in [1.54, 1.807) is 0 Å². The van der Waals surface area contributed by atoms with Crippen LogP contribution >= 0.6 is 12.2 Å². The van der Waals surface area contributed by atoms with Crippen LogP contribution in [-0.2, 0) is 4.79 Å². The highest BCUT2D eigenvalue weighted by Gasteiger charge is 2.44. The average molecular weight is 270 g/mol. The van der Waals surface area contributed by atoms with Crippen molar-refractivity contribution in [3.05, 3.63) is 0 Å². The lowest BCUT2D eigenvalue weighted by molar-refractivity contribution is -0.139. The third-order valence-electron chi connectivity index (χ3n) is 3.86. The second-order valence-electron chi connectivity index (χ2n) is 5.30. The molecule has 0 heterocycles. The van der Waals surface area contributed by atoms with E-state index in [1.165, 1.54) is 6.42 Å². The topological polar surface area (TPSA) is 46.3 Å². The van der Waals surface area contributed by atoms with Crippen molar-refractivity contribution < 1.29 is 4.79 Å². The van der Waals surface area contributed by atoms with Crippen LogP contribution in [0, 0.1) is 5.41 Å². The molecule has 1 aliphatic rings. The zero-order chi connectivity index (χ0) is 13.6. The molecule has 18 heavy (non-hydrogen) atoms. The lowest BCUT2D eigenvalue weighted by atomic mass is 9.72. The molecule has 3 nitrogen and oxygen atoms in total. The van der Waals surface area contributed by atoms with Gasteiger partial charge in [0.1, 0.15) is 0 Å². The number of carbonyl (C=O) groups excluding carboxylic acids is 1. The van der Waals surface area contributed by atoms with Crippen molar-refractivity contribution in [2.45, 2.75) is 58.8 Å². The third-order valence-corrected chi connectivity index (χ3v) is 4.25. The fourth-order valence-electron chi connectivity index (χ4n) is 2.88. The molecule has 1 saturated carbocycles. The maximum Gasteiger partial charge on any atom is 0.235 e.